The van der Waals surface area contributed by atoms with Crippen LogP contribution in [0, 0.1) is 11.8 Å². The van der Waals surface area contributed by atoms with Crippen LogP contribution < -0.4 is 0 Å². The van der Waals surface area contributed by atoms with E-state index in [2.05, 4.69) is 4.90 Å². The quantitative estimate of drug-likeness (QED) is 0.396. The Morgan fingerprint density at radius 2 is 1.91 bits per heavy atom. The highest BCUT2D eigenvalue weighted by molar-refractivity contribution is 5.99. The lowest BCUT2D eigenvalue weighted by Gasteiger charge is -2.38. The van der Waals surface area contributed by atoms with E-state index >= 15 is 0 Å². The number of likely N-dealkylation sites (tertiary alicyclic amines) is 1. The number of amides is 2. The molecule has 35 heavy (non-hydrogen) atoms. The fraction of sp³-hybridized carbons (Fsp3) is 0.720. The first-order chi connectivity index (χ1) is 17.0. The molecule has 0 aromatic heterocycles. The molecule has 3 fully saturated rings. The number of aliphatic hydroxyl groups is 1. The zero-order valence-corrected chi connectivity index (χ0v) is 20.2. The van der Waals surface area contributed by atoms with E-state index in [0.717, 1.165) is 13.1 Å². The number of ether oxygens (including phenoxy) is 3. The Labute approximate surface area is 205 Å². The van der Waals surface area contributed by atoms with Crippen molar-refractivity contribution in [1.82, 2.24) is 14.7 Å². The summed E-state index contributed by atoms with van der Waals surface area (Å²) in [6.07, 6.45) is 7.84. The van der Waals surface area contributed by atoms with Crippen LogP contribution in [-0.4, -0.2) is 121 Å². The predicted molar refractivity (Wildman–Crippen MR) is 124 cm³/mol. The lowest BCUT2D eigenvalue weighted by Crippen LogP contribution is -2.58. The largest absolute Gasteiger partial charge is 0.465 e. The van der Waals surface area contributed by atoms with E-state index in [0.29, 0.717) is 45.7 Å². The third-order valence-electron chi connectivity index (χ3n) is 8.01. The fourth-order valence-electron chi connectivity index (χ4n) is 6.19. The molecule has 0 bridgehead atoms. The summed E-state index contributed by atoms with van der Waals surface area (Å²) in [5.74, 6) is -2.73. The normalized spacial score (nSPS) is 36.2. The molecule has 3 saturated heterocycles. The van der Waals surface area contributed by atoms with E-state index in [-0.39, 0.29) is 25.0 Å². The van der Waals surface area contributed by atoms with Gasteiger partial charge < -0.3 is 29.1 Å². The van der Waals surface area contributed by atoms with Crippen LogP contribution in [0.25, 0.3) is 0 Å². The van der Waals surface area contributed by atoms with Gasteiger partial charge >= 0.3 is 5.97 Å². The van der Waals surface area contributed by atoms with Crippen LogP contribution >= 0.6 is 0 Å². The molecule has 1 N–H and O–H groups in total. The molecule has 0 aliphatic carbocycles. The summed E-state index contributed by atoms with van der Waals surface area (Å²) in [5.41, 5.74) is -1.28. The summed E-state index contributed by atoms with van der Waals surface area (Å²) < 4.78 is 17.4. The van der Waals surface area contributed by atoms with Crippen molar-refractivity contribution < 1.29 is 33.7 Å². The van der Waals surface area contributed by atoms with Gasteiger partial charge in [0.05, 0.1) is 44.5 Å². The standard InChI is InChI=1S/C25H35N3O7/c1-2-17(16-29)28-21-23(31)27(10-9-26-11-14-33-15-12-26)8-5-7-25(21)20(22(28)30)19-18(35-25)6-3-4-13-34-24(19)32/h3,5-7,17-21,29H,2,4,8-16H2,1H3/t17-,18-,19+,20-,21?,25-/m0/s1. The monoisotopic (exact) mass is 489 g/mol. The zero-order chi connectivity index (χ0) is 24.6. The molecule has 5 aliphatic heterocycles. The van der Waals surface area contributed by atoms with Crippen LogP contribution in [0.5, 0.6) is 0 Å². The number of carbonyl (C=O) groups is 3. The average molecular weight is 490 g/mol. The number of hydrogen-bond acceptors (Lipinski definition) is 8. The van der Waals surface area contributed by atoms with Crippen LogP contribution in [0.1, 0.15) is 19.8 Å². The lowest BCUT2D eigenvalue weighted by atomic mass is 9.77. The molecule has 1 spiro atoms. The summed E-state index contributed by atoms with van der Waals surface area (Å²) in [5, 5.41) is 10.1. The molecule has 0 radical (unpaired) electrons. The number of nitrogens with zero attached hydrogens (tertiary/aromatic N) is 3. The van der Waals surface area contributed by atoms with Gasteiger partial charge in [0.1, 0.15) is 17.6 Å². The topological polar surface area (TPSA) is 109 Å². The lowest BCUT2D eigenvalue weighted by molar-refractivity contribution is -0.156. The van der Waals surface area contributed by atoms with Gasteiger partial charge in [-0.1, -0.05) is 31.2 Å². The molecule has 2 amide bonds. The second kappa shape index (κ2) is 10.0. The van der Waals surface area contributed by atoms with E-state index in [1.165, 1.54) is 4.90 Å². The second-order valence-electron chi connectivity index (χ2n) is 9.86. The Balaban J connectivity index is 1.50. The second-order valence-corrected chi connectivity index (χ2v) is 9.86. The molecule has 0 aromatic carbocycles. The third kappa shape index (κ3) is 4.10. The first-order valence-electron chi connectivity index (χ1n) is 12.7. The van der Waals surface area contributed by atoms with Crippen molar-refractivity contribution in [2.24, 2.45) is 11.8 Å². The molecule has 0 aromatic rings. The maximum absolute atomic E-state index is 14.1. The molecule has 10 nitrogen and oxygen atoms in total. The van der Waals surface area contributed by atoms with Crippen molar-refractivity contribution >= 4 is 17.8 Å². The molecule has 6 atom stereocenters. The van der Waals surface area contributed by atoms with Gasteiger partial charge in [-0.25, -0.2) is 0 Å². The smallest absolute Gasteiger partial charge is 0.312 e. The Hall–Kier alpha value is -2.27. The number of aliphatic hydroxyl groups excluding tert-OH is 1. The van der Waals surface area contributed by atoms with Crippen molar-refractivity contribution in [3.8, 4) is 0 Å². The Kier molecular flexibility index (Phi) is 6.98. The molecule has 5 rings (SSSR count). The minimum absolute atomic E-state index is 0.211. The third-order valence-corrected chi connectivity index (χ3v) is 8.01. The molecule has 10 heteroatoms. The number of fused-ring (bicyclic) bond motifs is 2. The van der Waals surface area contributed by atoms with Crippen LogP contribution in [0.4, 0.5) is 0 Å². The molecule has 5 heterocycles. The Morgan fingerprint density at radius 1 is 1.11 bits per heavy atom. The van der Waals surface area contributed by atoms with Gasteiger partial charge in [0.2, 0.25) is 11.8 Å². The maximum atomic E-state index is 14.1. The van der Waals surface area contributed by atoms with Crippen LogP contribution in [0.3, 0.4) is 0 Å². The van der Waals surface area contributed by atoms with Crippen LogP contribution in [0.2, 0.25) is 0 Å². The van der Waals surface area contributed by atoms with Gasteiger partial charge in [-0.05, 0) is 12.8 Å². The molecule has 1 unspecified atom stereocenters. The van der Waals surface area contributed by atoms with Crippen molar-refractivity contribution in [2.45, 2.75) is 43.6 Å². The summed E-state index contributed by atoms with van der Waals surface area (Å²) in [4.78, 5) is 46.6. The van der Waals surface area contributed by atoms with Gasteiger partial charge in [-0.2, -0.15) is 0 Å². The Morgan fingerprint density at radius 3 is 2.66 bits per heavy atom. The number of morpholine rings is 1. The average Bonchev–Trinajstić information content (AvgIpc) is 3.24. The minimum Gasteiger partial charge on any atom is -0.465 e. The fourth-order valence-corrected chi connectivity index (χ4v) is 6.19. The minimum atomic E-state index is -1.28. The number of cyclic esters (lactones) is 1. The van der Waals surface area contributed by atoms with Gasteiger partial charge in [-0.3, -0.25) is 19.3 Å². The van der Waals surface area contributed by atoms with Crippen LogP contribution in [0.15, 0.2) is 24.3 Å². The predicted octanol–water partition coefficient (Wildman–Crippen LogP) is -0.428. The van der Waals surface area contributed by atoms with Crippen LogP contribution in [-0.2, 0) is 28.6 Å². The highest BCUT2D eigenvalue weighted by atomic mass is 16.6. The number of hydrogen-bond donors (Lipinski definition) is 1. The molecule has 192 valence electrons. The molecular weight excluding hydrogens is 454 g/mol. The van der Waals surface area contributed by atoms with Crippen molar-refractivity contribution in [1.29, 1.82) is 0 Å². The first kappa shape index (κ1) is 24.4. The van der Waals surface area contributed by atoms with E-state index in [4.69, 9.17) is 14.2 Å². The van der Waals surface area contributed by atoms with Crippen molar-refractivity contribution in [3.63, 3.8) is 0 Å². The SMILES string of the molecule is CC[C@@H](CO)N1C(=O)[C@@H]2[C@@H]3C(=O)OCCC=C[C@@H]3O[C@@]23C=CCN(CCN2CCOCC2)C(=O)C13. The summed E-state index contributed by atoms with van der Waals surface area (Å²) >= 11 is 0. The number of esters is 1. The number of carbonyl (C=O) groups excluding carboxylic acids is 3. The Bertz CT molecular complexity index is 897. The first-order valence-corrected chi connectivity index (χ1v) is 12.7. The highest BCUT2D eigenvalue weighted by Crippen LogP contribution is 2.53. The summed E-state index contributed by atoms with van der Waals surface area (Å²) in [6.45, 7) is 6.46. The van der Waals surface area contributed by atoms with Gasteiger partial charge in [0.25, 0.3) is 0 Å². The van der Waals surface area contributed by atoms with E-state index in [9.17, 15) is 19.5 Å². The van der Waals surface area contributed by atoms with E-state index in [1.807, 2.05) is 31.2 Å². The maximum Gasteiger partial charge on any atom is 0.312 e. The zero-order valence-electron chi connectivity index (χ0n) is 20.2. The summed E-state index contributed by atoms with van der Waals surface area (Å²) in [7, 11) is 0. The van der Waals surface area contributed by atoms with Gasteiger partial charge in [0, 0.05) is 32.7 Å². The van der Waals surface area contributed by atoms with E-state index < -0.39 is 41.6 Å². The van der Waals surface area contributed by atoms with Crippen molar-refractivity contribution in [2.75, 3.05) is 59.2 Å². The molecule has 0 saturated carbocycles. The number of rotatable bonds is 6. The van der Waals surface area contributed by atoms with Crippen molar-refractivity contribution in [3.05, 3.63) is 24.3 Å². The molecule has 5 aliphatic rings. The van der Waals surface area contributed by atoms with Gasteiger partial charge in [0.15, 0.2) is 0 Å². The van der Waals surface area contributed by atoms with E-state index in [1.54, 1.807) is 4.90 Å². The molecular formula is C25H35N3O7. The van der Waals surface area contributed by atoms with Gasteiger partial charge in [-0.15, -0.1) is 0 Å². The summed E-state index contributed by atoms with van der Waals surface area (Å²) in [6, 6.07) is -1.50. The highest BCUT2D eigenvalue weighted by Gasteiger charge is 2.72.